The first-order valence-corrected chi connectivity index (χ1v) is 13.4. The summed E-state index contributed by atoms with van der Waals surface area (Å²) in [7, 11) is 0. The molecule has 4 saturated carbocycles. The van der Waals surface area contributed by atoms with Crippen molar-refractivity contribution in [3.63, 3.8) is 0 Å². The molecule has 5 aliphatic rings. The summed E-state index contributed by atoms with van der Waals surface area (Å²) in [4.78, 5) is 0. The third-order valence-electron chi connectivity index (χ3n) is 12.9. The molecule has 0 bridgehead atoms. The summed E-state index contributed by atoms with van der Waals surface area (Å²) in [6, 6.07) is 0. The molecule has 0 aliphatic heterocycles. The summed E-state index contributed by atoms with van der Waals surface area (Å²) in [5.74, 6) is 2.91. The van der Waals surface area contributed by atoms with Crippen molar-refractivity contribution in [1.29, 1.82) is 0 Å². The van der Waals surface area contributed by atoms with Crippen LogP contribution in [0.2, 0.25) is 0 Å². The molecule has 5 aliphatic carbocycles. The third kappa shape index (κ3) is 2.64. The lowest BCUT2D eigenvalue weighted by Gasteiger charge is -2.71. The van der Waals surface area contributed by atoms with Crippen molar-refractivity contribution in [2.45, 2.75) is 118 Å². The molecule has 0 amide bonds. The maximum absolute atomic E-state index is 11.8. The van der Waals surface area contributed by atoms with Gasteiger partial charge in [-0.1, -0.05) is 60.1 Å². The SMILES string of the molecule is C[C@@H]1CC[C@]2(O)CC[C@]3(C)C(=CC[C@@H]4[C@@]5(C)CC[C@H](O)C(C)(C)[C@@H]5CC[C@]43C)C2[C@H]1C. The number of allylic oxidation sites excluding steroid dienone is 1. The number of aliphatic hydroxyl groups is 2. The van der Waals surface area contributed by atoms with Crippen LogP contribution in [0.1, 0.15) is 106 Å². The van der Waals surface area contributed by atoms with Gasteiger partial charge >= 0.3 is 0 Å². The second-order valence-corrected chi connectivity index (χ2v) is 14.1. The van der Waals surface area contributed by atoms with Crippen LogP contribution in [0.15, 0.2) is 11.6 Å². The highest BCUT2D eigenvalue weighted by Crippen LogP contribution is 2.74. The molecule has 0 heterocycles. The van der Waals surface area contributed by atoms with Crippen molar-refractivity contribution in [3.8, 4) is 0 Å². The van der Waals surface area contributed by atoms with E-state index >= 15 is 0 Å². The van der Waals surface area contributed by atoms with E-state index < -0.39 is 5.60 Å². The molecule has 2 N–H and O–H groups in total. The van der Waals surface area contributed by atoms with E-state index in [2.05, 4.69) is 54.5 Å². The predicted molar refractivity (Wildman–Crippen MR) is 127 cm³/mol. The molecule has 5 rings (SSSR count). The molecule has 0 radical (unpaired) electrons. The zero-order chi connectivity index (χ0) is 22.6. The van der Waals surface area contributed by atoms with Crippen molar-refractivity contribution in [2.75, 3.05) is 0 Å². The molecule has 31 heavy (non-hydrogen) atoms. The molecule has 0 aromatic carbocycles. The monoisotopic (exact) mass is 428 g/mol. The van der Waals surface area contributed by atoms with Gasteiger partial charge in [0.1, 0.15) is 0 Å². The van der Waals surface area contributed by atoms with Crippen LogP contribution in [-0.4, -0.2) is 21.9 Å². The average Bonchev–Trinajstić information content (AvgIpc) is 2.69. The first-order chi connectivity index (χ1) is 14.3. The minimum absolute atomic E-state index is 0.0133. The summed E-state index contributed by atoms with van der Waals surface area (Å²) in [6.45, 7) is 17.3. The van der Waals surface area contributed by atoms with Crippen LogP contribution in [0.25, 0.3) is 0 Å². The van der Waals surface area contributed by atoms with Crippen LogP contribution in [0.3, 0.4) is 0 Å². The normalized spacial score (nSPS) is 58.3. The van der Waals surface area contributed by atoms with Crippen molar-refractivity contribution < 1.29 is 10.2 Å². The van der Waals surface area contributed by atoms with Gasteiger partial charge in [0.05, 0.1) is 11.7 Å². The van der Waals surface area contributed by atoms with Crippen LogP contribution in [-0.2, 0) is 0 Å². The minimum Gasteiger partial charge on any atom is -0.393 e. The smallest absolute Gasteiger partial charge is 0.0716 e. The maximum Gasteiger partial charge on any atom is 0.0716 e. The molecular formula is C29H48O2. The fraction of sp³-hybridized carbons (Fsp3) is 0.931. The van der Waals surface area contributed by atoms with Gasteiger partial charge < -0.3 is 10.2 Å². The predicted octanol–water partition coefficient (Wildman–Crippen LogP) is 6.75. The van der Waals surface area contributed by atoms with Gasteiger partial charge in [0.15, 0.2) is 0 Å². The van der Waals surface area contributed by atoms with Gasteiger partial charge in [0.2, 0.25) is 0 Å². The summed E-state index contributed by atoms with van der Waals surface area (Å²) in [5, 5.41) is 22.6. The van der Waals surface area contributed by atoms with Gasteiger partial charge in [-0.25, -0.2) is 0 Å². The molecule has 2 nitrogen and oxygen atoms in total. The van der Waals surface area contributed by atoms with Crippen LogP contribution in [0.4, 0.5) is 0 Å². The van der Waals surface area contributed by atoms with Crippen molar-refractivity contribution in [1.82, 2.24) is 0 Å². The largest absolute Gasteiger partial charge is 0.393 e. The Morgan fingerprint density at radius 2 is 1.55 bits per heavy atom. The van der Waals surface area contributed by atoms with E-state index in [0.717, 1.165) is 25.7 Å². The lowest BCUT2D eigenvalue weighted by molar-refractivity contribution is -0.209. The highest BCUT2D eigenvalue weighted by atomic mass is 16.3. The van der Waals surface area contributed by atoms with Crippen LogP contribution >= 0.6 is 0 Å². The molecule has 0 aromatic rings. The van der Waals surface area contributed by atoms with Gasteiger partial charge in [0.25, 0.3) is 0 Å². The van der Waals surface area contributed by atoms with E-state index in [-0.39, 0.29) is 16.9 Å². The molecule has 0 aromatic heterocycles. The number of rotatable bonds is 0. The topological polar surface area (TPSA) is 40.5 Å². The average molecular weight is 429 g/mol. The lowest BCUT2D eigenvalue weighted by Crippen LogP contribution is -2.65. The second kappa shape index (κ2) is 6.62. The van der Waals surface area contributed by atoms with Gasteiger partial charge in [-0.15, -0.1) is 0 Å². The number of hydrogen-bond donors (Lipinski definition) is 2. The summed E-state index contributed by atoms with van der Waals surface area (Å²) >= 11 is 0. The zero-order valence-corrected chi connectivity index (χ0v) is 21.3. The van der Waals surface area contributed by atoms with E-state index in [4.69, 9.17) is 0 Å². The fourth-order valence-electron chi connectivity index (χ4n) is 10.5. The number of aliphatic hydroxyl groups excluding tert-OH is 1. The molecule has 0 spiro atoms. The molecule has 0 saturated heterocycles. The summed E-state index contributed by atoms with van der Waals surface area (Å²) in [6.07, 6.45) is 12.6. The zero-order valence-electron chi connectivity index (χ0n) is 21.3. The minimum atomic E-state index is -0.474. The van der Waals surface area contributed by atoms with Crippen molar-refractivity contribution in [3.05, 3.63) is 11.6 Å². The highest BCUT2D eigenvalue weighted by molar-refractivity contribution is 5.34. The van der Waals surface area contributed by atoms with E-state index in [1.807, 2.05) is 0 Å². The van der Waals surface area contributed by atoms with Crippen LogP contribution in [0.5, 0.6) is 0 Å². The maximum atomic E-state index is 11.8. The lowest BCUT2D eigenvalue weighted by atomic mass is 9.34. The molecule has 1 unspecified atom stereocenters. The van der Waals surface area contributed by atoms with E-state index in [0.29, 0.717) is 40.4 Å². The van der Waals surface area contributed by atoms with Gasteiger partial charge in [-0.05, 0) is 103 Å². The Hall–Kier alpha value is -0.340. The van der Waals surface area contributed by atoms with E-state index in [9.17, 15) is 10.2 Å². The first kappa shape index (κ1) is 22.5. The van der Waals surface area contributed by atoms with E-state index in [1.54, 1.807) is 5.57 Å². The molecule has 2 heteroatoms. The molecule has 4 fully saturated rings. The standard InChI is InChI=1S/C29H48O2/c1-18-10-15-29(31)17-16-27(6)20(24(29)19(18)2)8-9-22-26(5)13-12-23(30)25(3,4)21(26)11-14-28(22,27)7/h8,18-19,21-24,30-31H,9-17H2,1-7H3/t18-,19+,21+,22-,23+,24?,26+,27-,28-,29+/m1/s1. The Morgan fingerprint density at radius 3 is 2.26 bits per heavy atom. The molecular weight excluding hydrogens is 380 g/mol. The second-order valence-electron chi connectivity index (χ2n) is 14.1. The fourth-order valence-corrected chi connectivity index (χ4v) is 10.5. The van der Waals surface area contributed by atoms with E-state index in [1.165, 1.54) is 32.1 Å². The Bertz CT molecular complexity index is 784. The van der Waals surface area contributed by atoms with Crippen LogP contribution in [0, 0.1) is 51.2 Å². The summed E-state index contributed by atoms with van der Waals surface area (Å²) in [5.41, 5.74) is 1.98. The summed E-state index contributed by atoms with van der Waals surface area (Å²) < 4.78 is 0. The highest BCUT2D eigenvalue weighted by Gasteiger charge is 2.68. The van der Waals surface area contributed by atoms with Crippen molar-refractivity contribution in [2.24, 2.45) is 51.2 Å². The Balaban J connectivity index is 1.59. The van der Waals surface area contributed by atoms with Crippen LogP contribution < -0.4 is 0 Å². The quantitative estimate of drug-likeness (QED) is 0.419. The Morgan fingerprint density at radius 1 is 0.839 bits per heavy atom. The third-order valence-corrected chi connectivity index (χ3v) is 12.9. The number of fused-ring (bicyclic) bond motifs is 7. The first-order valence-electron chi connectivity index (χ1n) is 13.4. The van der Waals surface area contributed by atoms with Crippen molar-refractivity contribution >= 4 is 0 Å². The number of hydrogen-bond acceptors (Lipinski definition) is 2. The molecule has 176 valence electrons. The van der Waals surface area contributed by atoms with Gasteiger partial charge in [-0.2, -0.15) is 0 Å². The molecule has 10 atom stereocenters. The Kier molecular flexibility index (Phi) is 4.80. The van der Waals surface area contributed by atoms with Gasteiger partial charge in [0, 0.05) is 5.92 Å². The van der Waals surface area contributed by atoms with Gasteiger partial charge in [-0.3, -0.25) is 0 Å². The Labute approximate surface area is 191 Å².